The molecule has 1 fully saturated rings. The Hall–Kier alpha value is -2.01. The first-order valence-corrected chi connectivity index (χ1v) is 6.27. The molecule has 3 rings (SSSR count). The number of carbonyl (C=O) groups excluding carboxylic acids is 1. The topological polar surface area (TPSA) is 65.2 Å². The van der Waals surface area contributed by atoms with Crippen molar-refractivity contribution in [3.8, 4) is 11.5 Å². The average Bonchev–Trinajstić information content (AvgIpc) is 2.99. The molecule has 1 aliphatic heterocycles. The van der Waals surface area contributed by atoms with Gasteiger partial charge in [-0.2, -0.15) is 0 Å². The third kappa shape index (κ3) is 2.17. The first-order chi connectivity index (χ1) is 9.34. The molecular formula is C14H14N2O3. The van der Waals surface area contributed by atoms with E-state index in [0.29, 0.717) is 37.8 Å². The summed E-state index contributed by atoms with van der Waals surface area (Å²) < 4.78 is 11.0. The van der Waals surface area contributed by atoms with Gasteiger partial charge in [0.15, 0.2) is 0 Å². The van der Waals surface area contributed by atoms with E-state index in [1.54, 1.807) is 0 Å². The maximum absolute atomic E-state index is 11.4. The van der Waals surface area contributed by atoms with Crippen LogP contribution in [0.4, 0.5) is 0 Å². The Labute approximate surface area is 110 Å². The molecule has 5 nitrogen and oxygen atoms in total. The van der Waals surface area contributed by atoms with Crippen LogP contribution in [0.2, 0.25) is 0 Å². The molecule has 0 saturated carbocycles. The van der Waals surface area contributed by atoms with Gasteiger partial charge in [0.05, 0.1) is 0 Å². The zero-order valence-electron chi connectivity index (χ0n) is 10.4. The maximum atomic E-state index is 11.4. The summed E-state index contributed by atoms with van der Waals surface area (Å²) in [6, 6.07) is 9.53. The minimum absolute atomic E-state index is 0.393. The predicted octanol–water partition coefficient (Wildman–Crippen LogP) is 1.98. The molecule has 0 bridgehead atoms. The Kier molecular flexibility index (Phi) is 3.13. The zero-order chi connectivity index (χ0) is 13.1. The predicted molar refractivity (Wildman–Crippen MR) is 67.5 cm³/mol. The first-order valence-electron chi connectivity index (χ1n) is 6.27. The molecule has 19 heavy (non-hydrogen) atoms. The molecule has 0 radical (unpaired) electrons. The fourth-order valence-electron chi connectivity index (χ4n) is 2.24. The number of hydrogen-bond donors (Lipinski definition) is 0. The van der Waals surface area contributed by atoms with Crippen LogP contribution < -0.4 is 0 Å². The van der Waals surface area contributed by atoms with E-state index in [2.05, 4.69) is 10.2 Å². The lowest BCUT2D eigenvalue weighted by Crippen LogP contribution is -2.35. The van der Waals surface area contributed by atoms with Crippen molar-refractivity contribution in [2.24, 2.45) is 0 Å². The van der Waals surface area contributed by atoms with E-state index in [4.69, 9.17) is 9.15 Å². The lowest BCUT2D eigenvalue weighted by atomic mass is 9.82. The minimum atomic E-state index is -0.682. The third-order valence-corrected chi connectivity index (χ3v) is 3.48. The molecule has 0 N–H and O–H groups in total. The van der Waals surface area contributed by atoms with E-state index >= 15 is 0 Å². The number of carbonyl (C=O) groups is 1. The van der Waals surface area contributed by atoms with Crippen molar-refractivity contribution >= 4 is 6.29 Å². The second-order valence-electron chi connectivity index (χ2n) is 4.66. The molecule has 1 aromatic carbocycles. The van der Waals surface area contributed by atoms with Crippen LogP contribution in [0, 0.1) is 0 Å². The van der Waals surface area contributed by atoms with Gasteiger partial charge in [-0.05, 0) is 25.0 Å². The number of ether oxygens (including phenoxy) is 1. The summed E-state index contributed by atoms with van der Waals surface area (Å²) in [6.07, 6.45) is 2.09. The Balaban J connectivity index is 1.94. The normalized spacial score (nSPS) is 18.1. The van der Waals surface area contributed by atoms with Gasteiger partial charge in [-0.15, -0.1) is 10.2 Å². The molecule has 1 aromatic heterocycles. The molecule has 2 heterocycles. The standard InChI is InChI=1S/C14H14N2O3/c17-10-14(6-8-18-9-7-14)13-16-15-12(19-13)11-4-2-1-3-5-11/h1-5,10H,6-9H2. The quantitative estimate of drug-likeness (QED) is 0.788. The van der Waals surface area contributed by atoms with Gasteiger partial charge in [0.1, 0.15) is 11.7 Å². The number of aldehydes is 1. The summed E-state index contributed by atoms with van der Waals surface area (Å²) in [4.78, 5) is 11.4. The average molecular weight is 258 g/mol. The fourth-order valence-corrected chi connectivity index (χ4v) is 2.24. The molecule has 0 amide bonds. The molecule has 1 aliphatic rings. The van der Waals surface area contributed by atoms with Crippen molar-refractivity contribution in [1.82, 2.24) is 10.2 Å². The summed E-state index contributed by atoms with van der Waals surface area (Å²) >= 11 is 0. The summed E-state index contributed by atoms with van der Waals surface area (Å²) in [7, 11) is 0. The van der Waals surface area contributed by atoms with Gasteiger partial charge in [0.25, 0.3) is 0 Å². The van der Waals surface area contributed by atoms with Crippen LogP contribution in [0.3, 0.4) is 0 Å². The van der Waals surface area contributed by atoms with Crippen LogP contribution in [0.15, 0.2) is 34.7 Å². The molecule has 1 saturated heterocycles. The van der Waals surface area contributed by atoms with Gasteiger partial charge in [0.2, 0.25) is 11.8 Å². The first kappa shape index (κ1) is 12.0. The van der Waals surface area contributed by atoms with E-state index in [0.717, 1.165) is 11.8 Å². The van der Waals surface area contributed by atoms with E-state index < -0.39 is 5.41 Å². The number of nitrogens with zero attached hydrogens (tertiary/aromatic N) is 2. The Morgan fingerprint density at radius 1 is 1.11 bits per heavy atom. The lowest BCUT2D eigenvalue weighted by molar-refractivity contribution is -0.116. The fraction of sp³-hybridized carbons (Fsp3) is 0.357. The van der Waals surface area contributed by atoms with Crippen molar-refractivity contribution < 1.29 is 13.9 Å². The van der Waals surface area contributed by atoms with Crippen LogP contribution in [0.1, 0.15) is 18.7 Å². The summed E-state index contributed by atoms with van der Waals surface area (Å²) in [5.41, 5.74) is 0.174. The highest BCUT2D eigenvalue weighted by molar-refractivity contribution is 5.66. The van der Waals surface area contributed by atoms with Gasteiger partial charge in [-0.3, -0.25) is 0 Å². The van der Waals surface area contributed by atoms with Crippen molar-refractivity contribution in [2.75, 3.05) is 13.2 Å². The van der Waals surface area contributed by atoms with Crippen molar-refractivity contribution in [3.05, 3.63) is 36.2 Å². The second-order valence-corrected chi connectivity index (χ2v) is 4.66. The van der Waals surface area contributed by atoms with Crippen LogP contribution in [-0.4, -0.2) is 29.7 Å². The van der Waals surface area contributed by atoms with Crippen LogP contribution in [0.25, 0.3) is 11.5 Å². The molecule has 5 heteroatoms. The summed E-state index contributed by atoms with van der Waals surface area (Å²) in [6.45, 7) is 1.09. The highest BCUT2D eigenvalue weighted by atomic mass is 16.5. The van der Waals surface area contributed by atoms with E-state index in [-0.39, 0.29) is 0 Å². The zero-order valence-corrected chi connectivity index (χ0v) is 10.4. The van der Waals surface area contributed by atoms with Crippen molar-refractivity contribution in [1.29, 1.82) is 0 Å². The highest BCUT2D eigenvalue weighted by Crippen LogP contribution is 2.33. The van der Waals surface area contributed by atoms with Crippen LogP contribution in [0.5, 0.6) is 0 Å². The number of aromatic nitrogens is 2. The Morgan fingerprint density at radius 3 is 2.53 bits per heavy atom. The van der Waals surface area contributed by atoms with Crippen molar-refractivity contribution in [3.63, 3.8) is 0 Å². The summed E-state index contributed by atoms with van der Waals surface area (Å²) in [5, 5.41) is 8.09. The minimum Gasteiger partial charge on any atom is -0.420 e. The molecule has 0 spiro atoms. The van der Waals surface area contributed by atoms with Crippen LogP contribution in [-0.2, 0) is 14.9 Å². The van der Waals surface area contributed by atoms with E-state index in [9.17, 15) is 4.79 Å². The number of benzene rings is 1. The van der Waals surface area contributed by atoms with Crippen molar-refractivity contribution in [2.45, 2.75) is 18.3 Å². The smallest absolute Gasteiger partial charge is 0.247 e. The molecular weight excluding hydrogens is 244 g/mol. The summed E-state index contributed by atoms with van der Waals surface area (Å²) in [5.74, 6) is 0.841. The van der Waals surface area contributed by atoms with Gasteiger partial charge >= 0.3 is 0 Å². The number of rotatable bonds is 3. The van der Waals surface area contributed by atoms with E-state index in [1.165, 1.54) is 0 Å². The molecule has 2 aromatic rings. The molecule has 0 unspecified atom stereocenters. The monoisotopic (exact) mass is 258 g/mol. The second kappa shape index (κ2) is 4.93. The maximum Gasteiger partial charge on any atom is 0.247 e. The van der Waals surface area contributed by atoms with Crippen LogP contribution >= 0.6 is 0 Å². The van der Waals surface area contributed by atoms with Gasteiger partial charge in [-0.25, -0.2) is 0 Å². The van der Waals surface area contributed by atoms with Gasteiger partial charge in [0, 0.05) is 18.8 Å². The molecule has 0 aliphatic carbocycles. The Morgan fingerprint density at radius 2 is 1.84 bits per heavy atom. The van der Waals surface area contributed by atoms with Gasteiger partial charge in [-0.1, -0.05) is 18.2 Å². The third-order valence-electron chi connectivity index (χ3n) is 3.48. The number of hydrogen-bond acceptors (Lipinski definition) is 5. The van der Waals surface area contributed by atoms with E-state index in [1.807, 2.05) is 30.3 Å². The lowest BCUT2D eigenvalue weighted by Gasteiger charge is -2.28. The molecule has 98 valence electrons. The largest absolute Gasteiger partial charge is 0.420 e. The van der Waals surface area contributed by atoms with Gasteiger partial charge < -0.3 is 13.9 Å². The highest BCUT2D eigenvalue weighted by Gasteiger charge is 2.39. The SMILES string of the molecule is O=CC1(c2nnc(-c3ccccc3)o2)CCOCC1. The molecule has 0 atom stereocenters. The Bertz CT molecular complexity index is 559.